The number of ketones is 1. The average Bonchev–Trinajstić information content (AvgIpc) is 2.96. The number of fused-ring (bicyclic) bond motifs is 1. The number of benzene rings is 3. The smallest absolute Gasteiger partial charge is 0.308 e. The Morgan fingerprint density at radius 3 is 2.56 bits per heavy atom. The second-order valence-corrected chi connectivity index (χ2v) is 10.1. The van der Waals surface area contributed by atoms with Crippen molar-refractivity contribution in [3.8, 4) is 22.6 Å². The number of hydrogen-bond donors (Lipinski definition) is 0. The maximum Gasteiger partial charge on any atom is 0.308 e. The van der Waals surface area contributed by atoms with E-state index < -0.39 is 0 Å². The first-order valence-corrected chi connectivity index (χ1v) is 13.7. The summed E-state index contributed by atoms with van der Waals surface area (Å²) in [4.78, 5) is 28.1. The Morgan fingerprint density at radius 1 is 0.974 bits per heavy atom. The zero-order valence-corrected chi connectivity index (χ0v) is 22.7. The highest BCUT2D eigenvalue weighted by molar-refractivity contribution is 6.21. The van der Waals surface area contributed by atoms with Crippen LogP contribution in [-0.2, 0) is 9.53 Å². The van der Waals surface area contributed by atoms with E-state index in [1.54, 1.807) is 19.2 Å². The van der Waals surface area contributed by atoms with Crippen LogP contribution in [0.25, 0.3) is 21.9 Å². The van der Waals surface area contributed by atoms with Gasteiger partial charge in [0.1, 0.15) is 11.5 Å². The Hall–Kier alpha value is -3.74. The fraction of sp³-hybridized carbons (Fsp3) is 0.333. The van der Waals surface area contributed by atoms with Crippen LogP contribution < -0.4 is 9.47 Å². The molecule has 1 aliphatic carbocycles. The third-order valence-electron chi connectivity index (χ3n) is 7.37. The number of Topliss-reactive ketones (excluding diaryl/α,β-unsaturated/α-hetero) is 1. The molecule has 6 heteroatoms. The number of carbonyl (C=O) groups is 2. The van der Waals surface area contributed by atoms with Gasteiger partial charge in [-0.25, -0.2) is 0 Å². The van der Waals surface area contributed by atoms with E-state index >= 15 is 0 Å². The monoisotopic (exact) mass is 525 g/mol. The van der Waals surface area contributed by atoms with Crippen molar-refractivity contribution in [2.45, 2.75) is 38.7 Å². The Kier molecular flexibility index (Phi) is 8.54. The lowest BCUT2D eigenvalue weighted by molar-refractivity contribution is -0.131. The molecule has 0 amide bonds. The van der Waals surface area contributed by atoms with Crippen LogP contribution in [0.5, 0.6) is 11.5 Å². The SMILES string of the molecule is COc1ccc2c(C(=O)C3=CCC(OCCN4CCCCC4)C=C3)c(-c3cccc(OC(C)=O)c3)ccc2c1. The van der Waals surface area contributed by atoms with Crippen LogP contribution in [0.15, 0.2) is 78.4 Å². The fourth-order valence-electron chi connectivity index (χ4n) is 5.37. The number of rotatable bonds is 9. The van der Waals surface area contributed by atoms with Crippen molar-refractivity contribution in [1.29, 1.82) is 0 Å². The molecule has 6 nitrogen and oxygen atoms in total. The molecule has 0 saturated carbocycles. The van der Waals surface area contributed by atoms with Gasteiger partial charge in [0.25, 0.3) is 0 Å². The molecule has 1 aliphatic heterocycles. The summed E-state index contributed by atoms with van der Waals surface area (Å²) >= 11 is 0. The highest BCUT2D eigenvalue weighted by atomic mass is 16.5. The molecule has 5 rings (SSSR count). The Bertz CT molecular complexity index is 1420. The number of allylic oxidation sites excluding steroid dienone is 2. The van der Waals surface area contributed by atoms with Gasteiger partial charge in [0.2, 0.25) is 0 Å². The lowest BCUT2D eigenvalue weighted by Crippen LogP contribution is -2.33. The van der Waals surface area contributed by atoms with Crippen molar-refractivity contribution in [2.24, 2.45) is 0 Å². The van der Waals surface area contributed by atoms with Gasteiger partial charge in [-0.05, 0) is 84.6 Å². The first kappa shape index (κ1) is 26.9. The van der Waals surface area contributed by atoms with Gasteiger partial charge in [0.15, 0.2) is 5.78 Å². The van der Waals surface area contributed by atoms with Gasteiger partial charge in [-0.15, -0.1) is 0 Å². The summed E-state index contributed by atoms with van der Waals surface area (Å²) < 4.78 is 16.8. The quantitative estimate of drug-likeness (QED) is 0.183. The van der Waals surface area contributed by atoms with Crippen LogP contribution in [0.3, 0.4) is 0 Å². The van der Waals surface area contributed by atoms with Crippen LogP contribution >= 0.6 is 0 Å². The first-order valence-electron chi connectivity index (χ1n) is 13.7. The van der Waals surface area contributed by atoms with Crippen molar-refractivity contribution in [2.75, 3.05) is 33.4 Å². The summed E-state index contributed by atoms with van der Waals surface area (Å²) in [5.74, 6) is 0.724. The minimum atomic E-state index is -0.390. The van der Waals surface area contributed by atoms with Crippen LogP contribution in [0.1, 0.15) is 43.0 Å². The number of likely N-dealkylation sites (tertiary alicyclic amines) is 1. The second-order valence-electron chi connectivity index (χ2n) is 10.1. The highest BCUT2D eigenvalue weighted by Crippen LogP contribution is 2.36. The van der Waals surface area contributed by atoms with Crippen LogP contribution in [0.4, 0.5) is 0 Å². The maximum atomic E-state index is 14.1. The van der Waals surface area contributed by atoms with E-state index in [0.717, 1.165) is 47.3 Å². The summed E-state index contributed by atoms with van der Waals surface area (Å²) in [6.07, 6.45) is 10.4. The van der Waals surface area contributed by atoms with Gasteiger partial charge >= 0.3 is 5.97 Å². The third-order valence-corrected chi connectivity index (χ3v) is 7.37. The topological polar surface area (TPSA) is 65.1 Å². The zero-order chi connectivity index (χ0) is 27.2. The van der Waals surface area contributed by atoms with Gasteiger partial charge in [0.05, 0.1) is 19.8 Å². The highest BCUT2D eigenvalue weighted by Gasteiger charge is 2.22. The largest absolute Gasteiger partial charge is 0.497 e. The lowest BCUT2D eigenvalue weighted by atomic mass is 9.87. The van der Waals surface area contributed by atoms with Crippen LogP contribution in [0.2, 0.25) is 0 Å². The molecule has 0 radical (unpaired) electrons. The van der Waals surface area contributed by atoms with Gasteiger partial charge < -0.3 is 19.1 Å². The number of hydrogen-bond acceptors (Lipinski definition) is 6. The molecule has 39 heavy (non-hydrogen) atoms. The number of esters is 1. The minimum Gasteiger partial charge on any atom is -0.497 e. The van der Waals surface area contributed by atoms with Crippen molar-refractivity contribution >= 4 is 22.5 Å². The molecule has 2 aliphatic rings. The summed E-state index contributed by atoms with van der Waals surface area (Å²) in [7, 11) is 1.63. The molecule has 1 saturated heterocycles. The van der Waals surface area contributed by atoms with Crippen molar-refractivity contribution < 1.29 is 23.8 Å². The number of nitrogens with zero attached hydrogens (tertiary/aromatic N) is 1. The Morgan fingerprint density at radius 2 is 1.82 bits per heavy atom. The predicted molar refractivity (Wildman–Crippen MR) is 153 cm³/mol. The van der Waals surface area contributed by atoms with E-state index in [-0.39, 0.29) is 17.9 Å². The summed E-state index contributed by atoms with van der Waals surface area (Å²) in [6.45, 7) is 5.34. The van der Waals surface area contributed by atoms with Crippen molar-refractivity contribution in [3.63, 3.8) is 0 Å². The van der Waals surface area contributed by atoms with Gasteiger partial charge in [0, 0.05) is 24.6 Å². The first-order chi connectivity index (χ1) is 19.0. The molecule has 202 valence electrons. The number of carbonyl (C=O) groups excluding carboxylic acids is 2. The normalized spacial score (nSPS) is 17.6. The molecule has 0 bridgehead atoms. The molecule has 3 aromatic carbocycles. The molecular formula is C33H35NO5. The van der Waals surface area contributed by atoms with E-state index in [4.69, 9.17) is 14.2 Å². The number of methoxy groups -OCH3 is 1. The van der Waals surface area contributed by atoms with E-state index in [1.165, 1.54) is 26.2 Å². The summed E-state index contributed by atoms with van der Waals surface area (Å²) in [5.41, 5.74) is 2.83. The zero-order valence-electron chi connectivity index (χ0n) is 22.7. The average molecular weight is 526 g/mol. The molecule has 1 heterocycles. The van der Waals surface area contributed by atoms with E-state index in [2.05, 4.69) is 4.90 Å². The molecule has 1 unspecified atom stereocenters. The van der Waals surface area contributed by atoms with E-state index in [0.29, 0.717) is 29.9 Å². The molecule has 0 N–H and O–H groups in total. The molecule has 0 spiro atoms. The molecule has 1 atom stereocenters. The van der Waals surface area contributed by atoms with Gasteiger partial charge in [-0.1, -0.05) is 48.9 Å². The molecule has 1 fully saturated rings. The summed E-state index contributed by atoms with van der Waals surface area (Å²) in [6, 6.07) is 16.9. The van der Waals surface area contributed by atoms with Crippen LogP contribution in [0, 0.1) is 0 Å². The summed E-state index contributed by atoms with van der Waals surface area (Å²) in [5, 5.41) is 1.75. The predicted octanol–water partition coefficient (Wildman–Crippen LogP) is 6.38. The Balaban J connectivity index is 1.40. The number of ether oxygens (including phenoxy) is 3. The minimum absolute atomic E-state index is 0.0250. The molecule has 0 aromatic heterocycles. The lowest BCUT2D eigenvalue weighted by Gasteiger charge is -2.27. The fourth-order valence-corrected chi connectivity index (χ4v) is 5.37. The van der Waals surface area contributed by atoms with E-state index in [1.807, 2.05) is 60.7 Å². The Labute approximate surface area is 229 Å². The maximum absolute atomic E-state index is 14.1. The van der Waals surface area contributed by atoms with Crippen molar-refractivity contribution in [1.82, 2.24) is 4.90 Å². The van der Waals surface area contributed by atoms with Gasteiger partial charge in [-0.3, -0.25) is 9.59 Å². The van der Waals surface area contributed by atoms with Gasteiger partial charge in [-0.2, -0.15) is 0 Å². The van der Waals surface area contributed by atoms with E-state index in [9.17, 15) is 9.59 Å². The molecular weight excluding hydrogens is 490 g/mol. The van der Waals surface area contributed by atoms with Crippen LogP contribution in [-0.4, -0.2) is 56.1 Å². The number of piperidine rings is 1. The molecule has 3 aromatic rings. The standard InChI is InChI=1S/C33H35NO5/c1-23(35)39-29-8-6-7-25(22-29)30-15-11-26-21-28(37-2)14-16-31(26)32(30)33(36)24-9-12-27(13-10-24)38-20-19-34-17-4-3-5-18-34/h6-12,14-16,21-22,27H,3-5,13,17-20H2,1-2H3. The van der Waals surface area contributed by atoms with Crippen molar-refractivity contribution in [3.05, 3.63) is 84.0 Å². The third kappa shape index (κ3) is 6.47. The second kappa shape index (κ2) is 12.4.